The molecule has 2 heterocycles. The van der Waals surface area contributed by atoms with Crippen LogP contribution in [0.5, 0.6) is 11.5 Å². The van der Waals surface area contributed by atoms with E-state index in [1.54, 1.807) is 20.5 Å². The van der Waals surface area contributed by atoms with E-state index in [1.165, 1.54) is 25.7 Å². The minimum absolute atomic E-state index is 0.700. The standard InChI is InChI=1S/C19H26N4O2/c1-24-17-11-15-16(12-18(17)25-2)20-13-21-19(15)23-9-7-22(8-10-23)14-5-3-4-6-14/h11-14H,3-10H2,1-2H3. The molecule has 2 aromatic rings. The summed E-state index contributed by atoms with van der Waals surface area (Å²) < 4.78 is 10.9. The molecule has 4 rings (SSSR count). The van der Waals surface area contributed by atoms with Crippen LogP contribution in [0.15, 0.2) is 18.5 Å². The van der Waals surface area contributed by atoms with Gasteiger partial charge in [-0.2, -0.15) is 0 Å². The summed E-state index contributed by atoms with van der Waals surface area (Å²) in [5.74, 6) is 2.42. The van der Waals surface area contributed by atoms with Crippen LogP contribution in [-0.2, 0) is 0 Å². The largest absolute Gasteiger partial charge is 0.493 e. The second-order valence-corrected chi connectivity index (χ2v) is 6.88. The van der Waals surface area contributed by atoms with Crippen molar-refractivity contribution in [3.8, 4) is 11.5 Å². The maximum atomic E-state index is 5.46. The first-order chi connectivity index (χ1) is 12.3. The lowest BCUT2D eigenvalue weighted by Crippen LogP contribution is -2.50. The van der Waals surface area contributed by atoms with Gasteiger partial charge in [-0.25, -0.2) is 9.97 Å². The predicted octanol–water partition coefficient (Wildman–Crippen LogP) is 2.71. The van der Waals surface area contributed by atoms with Crippen LogP contribution in [-0.4, -0.2) is 61.3 Å². The quantitative estimate of drug-likeness (QED) is 0.851. The molecule has 1 aliphatic carbocycles. The molecule has 0 spiro atoms. The molecule has 0 unspecified atom stereocenters. The lowest BCUT2D eigenvalue weighted by atomic mass is 10.1. The highest BCUT2D eigenvalue weighted by Gasteiger charge is 2.27. The molecule has 6 heteroatoms. The van der Waals surface area contributed by atoms with E-state index in [-0.39, 0.29) is 0 Å². The number of aromatic nitrogens is 2. The number of benzene rings is 1. The average Bonchev–Trinajstić information content (AvgIpc) is 3.21. The maximum absolute atomic E-state index is 5.46. The fraction of sp³-hybridized carbons (Fsp3) is 0.579. The van der Waals surface area contributed by atoms with Gasteiger partial charge in [0.15, 0.2) is 11.5 Å². The van der Waals surface area contributed by atoms with Crippen LogP contribution >= 0.6 is 0 Å². The molecule has 0 N–H and O–H groups in total. The average molecular weight is 342 g/mol. The van der Waals surface area contributed by atoms with Gasteiger partial charge < -0.3 is 14.4 Å². The molecular formula is C19H26N4O2. The molecule has 25 heavy (non-hydrogen) atoms. The Bertz CT molecular complexity index is 738. The Labute approximate surface area is 148 Å². The van der Waals surface area contributed by atoms with E-state index < -0.39 is 0 Å². The second kappa shape index (κ2) is 7.04. The maximum Gasteiger partial charge on any atom is 0.162 e. The highest BCUT2D eigenvalue weighted by atomic mass is 16.5. The molecule has 0 radical (unpaired) electrons. The van der Waals surface area contributed by atoms with Gasteiger partial charge in [0.25, 0.3) is 0 Å². The summed E-state index contributed by atoms with van der Waals surface area (Å²) in [5.41, 5.74) is 0.890. The molecule has 1 saturated heterocycles. The molecule has 0 atom stereocenters. The Hall–Kier alpha value is -2.08. The van der Waals surface area contributed by atoms with Crippen molar-refractivity contribution in [2.75, 3.05) is 45.3 Å². The number of anilines is 1. The van der Waals surface area contributed by atoms with Crippen molar-refractivity contribution in [2.45, 2.75) is 31.7 Å². The Morgan fingerprint density at radius 2 is 1.60 bits per heavy atom. The lowest BCUT2D eigenvalue weighted by molar-refractivity contribution is 0.187. The summed E-state index contributed by atoms with van der Waals surface area (Å²) in [6.45, 7) is 4.25. The molecule has 1 aromatic carbocycles. The highest BCUT2D eigenvalue weighted by molar-refractivity contribution is 5.92. The summed E-state index contributed by atoms with van der Waals surface area (Å²) in [5, 5.41) is 1.02. The molecule has 1 aliphatic heterocycles. The number of ether oxygens (including phenoxy) is 2. The Morgan fingerprint density at radius 3 is 2.28 bits per heavy atom. The van der Waals surface area contributed by atoms with E-state index in [9.17, 15) is 0 Å². The van der Waals surface area contributed by atoms with Gasteiger partial charge in [-0.15, -0.1) is 0 Å². The lowest BCUT2D eigenvalue weighted by Gasteiger charge is -2.38. The van der Waals surface area contributed by atoms with E-state index >= 15 is 0 Å². The zero-order valence-corrected chi connectivity index (χ0v) is 15.1. The van der Waals surface area contributed by atoms with Gasteiger partial charge in [0, 0.05) is 43.7 Å². The molecule has 134 valence electrons. The number of fused-ring (bicyclic) bond motifs is 1. The minimum Gasteiger partial charge on any atom is -0.493 e. The molecule has 0 amide bonds. The third-order valence-electron chi connectivity index (χ3n) is 5.57. The Balaban J connectivity index is 1.59. The second-order valence-electron chi connectivity index (χ2n) is 6.88. The molecule has 6 nitrogen and oxygen atoms in total. The third kappa shape index (κ3) is 3.11. The summed E-state index contributed by atoms with van der Waals surface area (Å²) in [6.07, 6.45) is 7.17. The van der Waals surface area contributed by atoms with Crippen molar-refractivity contribution < 1.29 is 9.47 Å². The van der Waals surface area contributed by atoms with Gasteiger partial charge in [-0.3, -0.25) is 4.90 Å². The summed E-state index contributed by atoms with van der Waals surface area (Å²) in [6, 6.07) is 4.72. The first-order valence-electron chi connectivity index (χ1n) is 9.16. The topological polar surface area (TPSA) is 50.7 Å². The van der Waals surface area contributed by atoms with Crippen LogP contribution in [0.3, 0.4) is 0 Å². The predicted molar refractivity (Wildman–Crippen MR) is 98.7 cm³/mol. The van der Waals surface area contributed by atoms with Crippen LogP contribution < -0.4 is 14.4 Å². The summed E-state index contributed by atoms with van der Waals surface area (Å²) in [4.78, 5) is 14.0. The van der Waals surface area contributed by atoms with Crippen LogP contribution in [0.25, 0.3) is 10.9 Å². The minimum atomic E-state index is 0.700. The van der Waals surface area contributed by atoms with E-state index in [0.29, 0.717) is 5.75 Å². The van der Waals surface area contributed by atoms with Gasteiger partial charge in [0.2, 0.25) is 0 Å². The van der Waals surface area contributed by atoms with Crippen molar-refractivity contribution in [3.05, 3.63) is 18.5 Å². The van der Waals surface area contributed by atoms with Crippen LogP contribution in [0.1, 0.15) is 25.7 Å². The highest BCUT2D eigenvalue weighted by Crippen LogP contribution is 2.35. The monoisotopic (exact) mass is 342 g/mol. The third-order valence-corrected chi connectivity index (χ3v) is 5.57. The summed E-state index contributed by atoms with van der Waals surface area (Å²) >= 11 is 0. The fourth-order valence-electron chi connectivity index (χ4n) is 4.19. The zero-order valence-electron chi connectivity index (χ0n) is 15.1. The number of piperazine rings is 1. The van der Waals surface area contributed by atoms with Crippen LogP contribution in [0, 0.1) is 0 Å². The van der Waals surface area contributed by atoms with Gasteiger partial charge in [-0.05, 0) is 18.9 Å². The first-order valence-corrected chi connectivity index (χ1v) is 9.16. The van der Waals surface area contributed by atoms with Crippen LogP contribution in [0.2, 0.25) is 0 Å². The Kier molecular flexibility index (Phi) is 4.61. The van der Waals surface area contributed by atoms with Gasteiger partial charge >= 0.3 is 0 Å². The number of hydrogen-bond donors (Lipinski definition) is 0. The van der Waals surface area contributed by atoms with E-state index in [2.05, 4.69) is 19.8 Å². The number of methoxy groups -OCH3 is 2. The molecular weight excluding hydrogens is 316 g/mol. The first kappa shape index (κ1) is 16.4. The Morgan fingerprint density at radius 1 is 0.920 bits per heavy atom. The SMILES string of the molecule is COc1cc2ncnc(N3CCN(C4CCCC4)CC3)c2cc1OC. The number of rotatable bonds is 4. The number of nitrogens with zero attached hydrogens (tertiary/aromatic N) is 4. The fourth-order valence-corrected chi connectivity index (χ4v) is 4.19. The smallest absolute Gasteiger partial charge is 0.162 e. The number of hydrogen-bond acceptors (Lipinski definition) is 6. The molecule has 2 fully saturated rings. The molecule has 0 bridgehead atoms. The zero-order chi connectivity index (χ0) is 17.2. The van der Waals surface area contributed by atoms with E-state index in [4.69, 9.17) is 9.47 Å². The van der Waals surface area contributed by atoms with Crippen molar-refractivity contribution in [2.24, 2.45) is 0 Å². The molecule has 2 aliphatic rings. The van der Waals surface area contributed by atoms with Gasteiger partial charge in [-0.1, -0.05) is 12.8 Å². The van der Waals surface area contributed by atoms with Crippen molar-refractivity contribution in [3.63, 3.8) is 0 Å². The van der Waals surface area contributed by atoms with Crippen LogP contribution in [0.4, 0.5) is 5.82 Å². The van der Waals surface area contributed by atoms with Crippen molar-refractivity contribution in [1.82, 2.24) is 14.9 Å². The molecule has 1 saturated carbocycles. The van der Waals surface area contributed by atoms with Gasteiger partial charge in [0.1, 0.15) is 12.1 Å². The van der Waals surface area contributed by atoms with E-state index in [0.717, 1.165) is 54.7 Å². The normalized spacial score (nSPS) is 19.5. The molecule has 1 aromatic heterocycles. The van der Waals surface area contributed by atoms with Gasteiger partial charge in [0.05, 0.1) is 19.7 Å². The summed E-state index contributed by atoms with van der Waals surface area (Å²) in [7, 11) is 3.31. The van der Waals surface area contributed by atoms with Crippen molar-refractivity contribution >= 4 is 16.7 Å². The van der Waals surface area contributed by atoms with E-state index in [1.807, 2.05) is 12.1 Å². The van der Waals surface area contributed by atoms with Crippen molar-refractivity contribution in [1.29, 1.82) is 0 Å².